The van der Waals surface area contributed by atoms with Crippen molar-refractivity contribution < 1.29 is 0 Å². The van der Waals surface area contributed by atoms with E-state index in [9.17, 15) is 0 Å². The molecule has 0 saturated heterocycles. The standard InChI is InChI=1S/C23H48/c1-5-7-9-11-13-15-17-19-21-23(22(3)4)20-18-16-14-12-10-8-6-2/h22-23H,5-21H2,1-4H3. The number of hydrogen-bond donors (Lipinski definition) is 0. The van der Waals surface area contributed by atoms with Crippen molar-refractivity contribution in [2.75, 3.05) is 0 Å². The highest BCUT2D eigenvalue weighted by molar-refractivity contribution is 4.64. The Bertz CT molecular complexity index is 206. The molecule has 140 valence electrons. The average molecular weight is 325 g/mol. The van der Waals surface area contributed by atoms with Crippen LogP contribution >= 0.6 is 0 Å². The molecule has 0 rings (SSSR count). The molecule has 0 aliphatic rings. The van der Waals surface area contributed by atoms with E-state index >= 15 is 0 Å². The second-order valence-electron chi connectivity index (χ2n) is 8.18. The normalized spacial score (nSPS) is 12.9. The van der Waals surface area contributed by atoms with Crippen molar-refractivity contribution in [3.63, 3.8) is 0 Å². The van der Waals surface area contributed by atoms with Gasteiger partial charge in [0.05, 0.1) is 0 Å². The van der Waals surface area contributed by atoms with Crippen LogP contribution in [0.2, 0.25) is 0 Å². The molecule has 0 heterocycles. The van der Waals surface area contributed by atoms with Crippen LogP contribution in [0, 0.1) is 11.8 Å². The zero-order chi connectivity index (χ0) is 17.2. The minimum atomic E-state index is 0.889. The van der Waals surface area contributed by atoms with E-state index in [-0.39, 0.29) is 0 Å². The molecule has 0 aromatic rings. The first-order chi connectivity index (χ1) is 11.2. The van der Waals surface area contributed by atoms with E-state index in [1.165, 1.54) is 109 Å². The zero-order valence-corrected chi connectivity index (χ0v) is 17.2. The van der Waals surface area contributed by atoms with Gasteiger partial charge in [0, 0.05) is 0 Å². The maximum Gasteiger partial charge on any atom is -0.0391 e. The van der Waals surface area contributed by atoms with E-state index in [4.69, 9.17) is 0 Å². The van der Waals surface area contributed by atoms with E-state index in [1.54, 1.807) is 0 Å². The molecule has 23 heavy (non-hydrogen) atoms. The SMILES string of the molecule is CCCCCCCCCCC(CCCCCCCCC)C(C)C. The molecule has 0 heteroatoms. The quantitative estimate of drug-likeness (QED) is 0.221. The van der Waals surface area contributed by atoms with Gasteiger partial charge in [-0.1, -0.05) is 137 Å². The summed E-state index contributed by atoms with van der Waals surface area (Å²) in [5, 5.41) is 0. The molecule has 0 amide bonds. The second kappa shape index (κ2) is 18.3. The summed E-state index contributed by atoms with van der Waals surface area (Å²) in [7, 11) is 0. The number of hydrogen-bond acceptors (Lipinski definition) is 0. The van der Waals surface area contributed by atoms with Gasteiger partial charge in [0.15, 0.2) is 0 Å². The van der Waals surface area contributed by atoms with Crippen molar-refractivity contribution in [1.82, 2.24) is 0 Å². The molecule has 0 aliphatic heterocycles. The summed E-state index contributed by atoms with van der Waals surface area (Å²) in [6, 6.07) is 0. The number of rotatable bonds is 18. The van der Waals surface area contributed by atoms with Gasteiger partial charge in [-0.05, 0) is 11.8 Å². The highest BCUT2D eigenvalue weighted by Crippen LogP contribution is 2.25. The summed E-state index contributed by atoms with van der Waals surface area (Å²) >= 11 is 0. The van der Waals surface area contributed by atoms with Gasteiger partial charge in [0.25, 0.3) is 0 Å². The molecule has 0 aromatic carbocycles. The van der Waals surface area contributed by atoms with Crippen LogP contribution < -0.4 is 0 Å². The molecule has 0 aromatic heterocycles. The van der Waals surface area contributed by atoms with E-state index in [1.807, 2.05) is 0 Å². The zero-order valence-electron chi connectivity index (χ0n) is 17.2. The fraction of sp³-hybridized carbons (Fsp3) is 1.00. The summed E-state index contributed by atoms with van der Waals surface area (Å²) in [5.74, 6) is 1.88. The summed E-state index contributed by atoms with van der Waals surface area (Å²) < 4.78 is 0. The lowest BCUT2D eigenvalue weighted by Gasteiger charge is -2.20. The first-order valence-corrected chi connectivity index (χ1v) is 11.2. The van der Waals surface area contributed by atoms with Gasteiger partial charge in [-0.2, -0.15) is 0 Å². The van der Waals surface area contributed by atoms with Gasteiger partial charge < -0.3 is 0 Å². The molecule has 0 aliphatic carbocycles. The lowest BCUT2D eigenvalue weighted by atomic mass is 9.85. The molecule has 0 radical (unpaired) electrons. The molecular formula is C23H48. The van der Waals surface area contributed by atoms with Gasteiger partial charge in [0.2, 0.25) is 0 Å². The van der Waals surface area contributed by atoms with Crippen LogP contribution in [-0.2, 0) is 0 Å². The van der Waals surface area contributed by atoms with Crippen LogP contribution in [-0.4, -0.2) is 0 Å². The van der Waals surface area contributed by atoms with Crippen LogP contribution in [0.15, 0.2) is 0 Å². The van der Waals surface area contributed by atoms with E-state index in [2.05, 4.69) is 27.7 Å². The Kier molecular flexibility index (Phi) is 18.3. The van der Waals surface area contributed by atoms with Gasteiger partial charge in [-0.25, -0.2) is 0 Å². The molecule has 0 N–H and O–H groups in total. The minimum absolute atomic E-state index is 0.889. The lowest BCUT2D eigenvalue weighted by Crippen LogP contribution is -2.08. The van der Waals surface area contributed by atoms with Gasteiger partial charge >= 0.3 is 0 Å². The first kappa shape index (κ1) is 23.0. The van der Waals surface area contributed by atoms with Crippen molar-refractivity contribution >= 4 is 0 Å². The van der Waals surface area contributed by atoms with Crippen LogP contribution in [0.4, 0.5) is 0 Å². The predicted molar refractivity (Wildman–Crippen MR) is 108 cm³/mol. The van der Waals surface area contributed by atoms with Crippen LogP contribution in [0.3, 0.4) is 0 Å². The fourth-order valence-electron chi connectivity index (χ4n) is 3.72. The highest BCUT2D eigenvalue weighted by Gasteiger charge is 2.12. The Morgan fingerprint density at radius 1 is 0.435 bits per heavy atom. The largest absolute Gasteiger partial charge is 0.0654 e. The Morgan fingerprint density at radius 2 is 0.739 bits per heavy atom. The highest BCUT2D eigenvalue weighted by atomic mass is 14.2. The molecule has 1 unspecified atom stereocenters. The average Bonchev–Trinajstić information content (AvgIpc) is 2.54. The lowest BCUT2D eigenvalue weighted by molar-refractivity contribution is 0.312. The summed E-state index contributed by atoms with van der Waals surface area (Å²) in [5.41, 5.74) is 0. The van der Waals surface area contributed by atoms with E-state index < -0.39 is 0 Å². The van der Waals surface area contributed by atoms with E-state index in [0.717, 1.165) is 11.8 Å². The van der Waals surface area contributed by atoms with E-state index in [0.29, 0.717) is 0 Å². The maximum atomic E-state index is 2.44. The van der Waals surface area contributed by atoms with Crippen molar-refractivity contribution in [3.05, 3.63) is 0 Å². The molecule has 0 spiro atoms. The Hall–Kier alpha value is 0. The molecule has 0 saturated carbocycles. The monoisotopic (exact) mass is 324 g/mol. The Morgan fingerprint density at radius 3 is 1.04 bits per heavy atom. The van der Waals surface area contributed by atoms with Crippen molar-refractivity contribution in [2.45, 2.75) is 137 Å². The van der Waals surface area contributed by atoms with Crippen molar-refractivity contribution in [2.24, 2.45) is 11.8 Å². The van der Waals surface area contributed by atoms with Crippen LogP contribution in [0.1, 0.15) is 137 Å². The van der Waals surface area contributed by atoms with Crippen molar-refractivity contribution in [3.8, 4) is 0 Å². The van der Waals surface area contributed by atoms with Crippen molar-refractivity contribution in [1.29, 1.82) is 0 Å². The van der Waals surface area contributed by atoms with Gasteiger partial charge in [-0.15, -0.1) is 0 Å². The smallest absolute Gasteiger partial charge is 0.0391 e. The molecule has 0 fully saturated rings. The fourth-order valence-corrected chi connectivity index (χ4v) is 3.72. The van der Waals surface area contributed by atoms with Crippen LogP contribution in [0.25, 0.3) is 0 Å². The Labute approximate surface area is 149 Å². The third-order valence-corrected chi connectivity index (χ3v) is 5.55. The Balaban J connectivity index is 3.48. The molecule has 1 atom stereocenters. The summed E-state index contributed by atoms with van der Waals surface area (Å²) in [6.45, 7) is 9.49. The summed E-state index contributed by atoms with van der Waals surface area (Å²) in [4.78, 5) is 0. The molecular weight excluding hydrogens is 276 g/mol. The minimum Gasteiger partial charge on any atom is -0.0654 e. The van der Waals surface area contributed by atoms with Crippen LogP contribution in [0.5, 0.6) is 0 Å². The second-order valence-corrected chi connectivity index (χ2v) is 8.18. The third-order valence-electron chi connectivity index (χ3n) is 5.55. The summed E-state index contributed by atoms with van der Waals surface area (Å²) in [6.07, 6.45) is 24.8. The molecule has 0 nitrogen and oxygen atoms in total. The van der Waals surface area contributed by atoms with Gasteiger partial charge in [-0.3, -0.25) is 0 Å². The topological polar surface area (TPSA) is 0 Å². The first-order valence-electron chi connectivity index (χ1n) is 11.2. The molecule has 0 bridgehead atoms. The predicted octanol–water partition coefficient (Wildman–Crippen LogP) is 8.93. The van der Waals surface area contributed by atoms with Gasteiger partial charge in [0.1, 0.15) is 0 Å². The maximum absolute atomic E-state index is 2.44. The number of unbranched alkanes of at least 4 members (excludes halogenated alkanes) is 13. The third kappa shape index (κ3) is 16.6.